The molecule has 0 atom stereocenters. The quantitative estimate of drug-likeness (QED) is 0.306. The van der Waals surface area contributed by atoms with Crippen LogP contribution in [0.2, 0.25) is 5.02 Å². The monoisotopic (exact) mass is 498 g/mol. The number of benzene rings is 3. The van der Waals surface area contributed by atoms with Gasteiger partial charge in [0.25, 0.3) is 11.6 Å². The molecule has 0 N–H and O–H groups in total. The zero-order chi connectivity index (χ0) is 24.9. The van der Waals surface area contributed by atoms with Crippen LogP contribution in [0.3, 0.4) is 0 Å². The number of halogens is 1. The van der Waals surface area contributed by atoms with Crippen molar-refractivity contribution in [2.24, 2.45) is 0 Å². The Morgan fingerprint density at radius 3 is 2.49 bits per heavy atom. The van der Waals surface area contributed by atoms with E-state index in [1.54, 1.807) is 31.3 Å². The van der Waals surface area contributed by atoms with Gasteiger partial charge in [0.15, 0.2) is 23.0 Å². The van der Waals surface area contributed by atoms with Gasteiger partial charge in [0.2, 0.25) is 6.79 Å². The van der Waals surface area contributed by atoms with Gasteiger partial charge in [0.1, 0.15) is 5.02 Å². The third kappa shape index (κ3) is 5.41. The highest BCUT2D eigenvalue weighted by Crippen LogP contribution is 2.33. The number of amides is 1. The predicted octanol–water partition coefficient (Wildman–Crippen LogP) is 4.88. The molecule has 9 nitrogen and oxygen atoms in total. The van der Waals surface area contributed by atoms with E-state index in [0.29, 0.717) is 36.0 Å². The van der Waals surface area contributed by atoms with E-state index in [1.807, 2.05) is 24.3 Å². The lowest BCUT2D eigenvalue weighted by Gasteiger charge is -2.23. The minimum atomic E-state index is -0.606. The van der Waals surface area contributed by atoms with Gasteiger partial charge in [-0.05, 0) is 53.9 Å². The van der Waals surface area contributed by atoms with Crippen molar-refractivity contribution in [1.82, 2.24) is 4.90 Å². The van der Waals surface area contributed by atoms with Crippen molar-refractivity contribution < 1.29 is 28.7 Å². The first kappa shape index (κ1) is 24.2. The molecule has 0 saturated carbocycles. The van der Waals surface area contributed by atoms with E-state index in [4.69, 9.17) is 30.5 Å². The molecule has 0 saturated heterocycles. The van der Waals surface area contributed by atoms with Gasteiger partial charge in [-0.1, -0.05) is 23.7 Å². The van der Waals surface area contributed by atoms with Gasteiger partial charge in [0.05, 0.1) is 19.1 Å². The average Bonchev–Trinajstić information content (AvgIpc) is 3.34. The normalized spacial score (nSPS) is 11.7. The maximum absolute atomic E-state index is 13.5. The third-order valence-electron chi connectivity index (χ3n) is 5.61. The van der Waals surface area contributed by atoms with Crippen molar-refractivity contribution >= 4 is 23.2 Å². The summed E-state index contributed by atoms with van der Waals surface area (Å²) in [5.41, 5.74) is 1.63. The number of hydrogen-bond donors (Lipinski definition) is 0. The fraction of sp³-hybridized carbons (Fsp3) is 0.240. The number of nitro benzene ring substituents is 1. The molecule has 0 radical (unpaired) electrons. The molecule has 4 rings (SSSR count). The molecule has 1 heterocycles. The topological polar surface area (TPSA) is 100 Å². The van der Waals surface area contributed by atoms with Crippen LogP contribution >= 0.6 is 11.6 Å². The summed E-state index contributed by atoms with van der Waals surface area (Å²) in [7, 11) is 3.12. The first-order valence-corrected chi connectivity index (χ1v) is 11.1. The number of carbonyl (C=O) groups is 1. The molecule has 3 aromatic rings. The van der Waals surface area contributed by atoms with E-state index >= 15 is 0 Å². The predicted molar refractivity (Wildman–Crippen MR) is 129 cm³/mol. The summed E-state index contributed by atoms with van der Waals surface area (Å²) in [6.45, 7) is 0.757. The highest BCUT2D eigenvalue weighted by Gasteiger charge is 2.22. The Kier molecular flexibility index (Phi) is 7.26. The van der Waals surface area contributed by atoms with E-state index in [-0.39, 0.29) is 35.5 Å². The SMILES string of the molecule is COc1ccc(CCN(Cc2ccc3c(c2)OCO3)C(=O)c2ccc(Cl)c([N+](=O)[O-])c2)cc1OC. The lowest BCUT2D eigenvalue weighted by Crippen LogP contribution is -2.32. The van der Waals surface area contributed by atoms with Gasteiger partial charge in [-0.15, -0.1) is 0 Å². The Morgan fingerprint density at radius 2 is 1.74 bits per heavy atom. The first-order valence-electron chi connectivity index (χ1n) is 10.7. The van der Waals surface area contributed by atoms with E-state index in [2.05, 4.69) is 0 Å². The Balaban J connectivity index is 1.61. The Morgan fingerprint density at radius 1 is 1.00 bits per heavy atom. The second-order valence-corrected chi connectivity index (χ2v) is 8.18. The van der Waals surface area contributed by atoms with Crippen LogP contribution in [0.15, 0.2) is 54.6 Å². The van der Waals surface area contributed by atoms with Crippen LogP contribution in [0.4, 0.5) is 5.69 Å². The summed E-state index contributed by atoms with van der Waals surface area (Å²) in [6.07, 6.45) is 0.520. The summed E-state index contributed by atoms with van der Waals surface area (Å²) < 4.78 is 21.5. The molecule has 0 aliphatic carbocycles. The summed E-state index contributed by atoms with van der Waals surface area (Å²) >= 11 is 5.94. The van der Waals surface area contributed by atoms with E-state index in [9.17, 15) is 14.9 Å². The van der Waals surface area contributed by atoms with Crippen LogP contribution < -0.4 is 18.9 Å². The van der Waals surface area contributed by atoms with Crippen LogP contribution in [-0.2, 0) is 13.0 Å². The van der Waals surface area contributed by atoms with Crippen molar-refractivity contribution in [2.45, 2.75) is 13.0 Å². The van der Waals surface area contributed by atoms with E-state index < -0.39 is 4.92 Å². The van der Waals surface area contributed by atoms with Gasteiger partial charge >= 0.3 is 0 Å². The van der Waals surface area contributed by atoms with Crippen LogP contribution in [0.5, 0.6) is 23.0 Å². The molecular formula is C25H23ClN2O7. The first-order chi connectivity index (χ1) is 16.9. The number of hydrogen-bond acceptors (Lipinski definition) is 7. The molecule has 3 aromatic carbocycles. The Bertz CT molecular complexity index is 1260. The fourth-order valence-electron chi connectivity index (χ4n) is 3.78. The summed E-state index contributed by atoms with van der Waals surface area (Å²) in [4.78, 5) is 25.8. The molecular weight excluding hydrogens is 476 g/mol. The number of fused-ring (bicyclic) bond motifs is 1. The summed E-state index contributed by atoms with van der Waals surface area (Å²) in [5, 5.41) is 11.3. The Hall–Kier alpha value is -3.98. The molecule has 35 heavy (non-hydrogen) atoms. The summed E-state index contributed by atoms with van der Waals surface area (Å²) in [5.74, 6) is 2.09. The number of ether oxygens (including phenoxy) is 4. The van der Waals surface area contributed by atoms with E-state index in [1.165, 1.54) is 18.2 Å². The second-order valence-electron chi connectivity index (χ2n) is 7.78. The van der Waals surface area contributed by atoms with Crippen LogP contribution in [0.25, 0.3) is 0 Å². The molecule has 0 fully saturated rings. The zero-order valence-corrected chi connectivity index (χ0v) is 19.9. The highest BCUT2D eigenvalue weighted by molar-refractivity contribution is 6.32. The van der Waals surface area contributed by atoms with Crippen molar-refractivity contribution in [2.75, 3.05) is 27.6 Å². The molecule has 182 valence electrons. The van der Waals surface area contributed by atoms with Crippen LogP contribution in [-0.4, -0.2) is 43.3 Å². The third-order valence-corrected chi connectivity index (χ3v) is 5.93. The zero-order valence-electron chi connectivity index (χ0n) is 19.2. The largest absolute Gasteiger partial charge is 0.493 e. The molecule has 0 bridgehead atoms. The van der Waals surface area contributed by atoms with Crippen molar-refractivity contribution in [3.63, 3.8) is 0 Å². The van der Waals surface area contributed by atoms with Crippen molar-refractivity contribution in [3.05, 3.63) is 86.4 Å². The van der Waals surface area contributed by atoms with Gasteiger partial charge in [0, 0.05) is 24.7 Å². The van der Waals surface area contributed by atoms with Crippen LogP contribution in [0.1, 0.15) is 21.5 Å². The maximum atomic E-state index is 13.5. The van der Waals surface area contributed by atoms with Crippen molar-refractivity contribution in [3.8, 4) is 23.0 Å². The van der Waals surface area contributed by atoms with Crippen molar-refractivity contribution in [1.29, 1.82) is 0 Å². The number of nitrogens with zero attached hydrogens (tertiary/aromatic N) is 2. The average molecular weight is 499 g/mol. The minimum absolute atomic E-state index is 0.0285. The van der Waals surface area contributed by atoms with Gasteiger partial charge in [-0.3, -0.25) is 14.9 Å². The molecule has 1 amide bonds. The fourth-order valence-corrected chi connectivity index (χ4v) is 3.97. The van der Waals surface area contributed by atoms with Gasteiger partial charge in [-0.2, -0.15) is 0 Å². The standard InChI is InChI=1S/C25H23ClN2O7/c1-32-21-7-3-16(11-23(21)33-2)9-10-27(14-17-4-8-22-24(12-17)35-15-34-22)25(29)18-5-6-19(26)20(13-18)28(30)31/h3-8,11-13H,9-10,14-15H2,1-2H3. The molecule has 0 aromatic heterocycles. The Labute approximate surface area is 206 Å². The molecule has 1 aliphatic heterocycles. The second kappa shape index (κ2) is 10.5. The molecule has 0 unspecified atom stereocenters. The smallest absolute Gasteiger partial charge is 0.288 e. The highest BCUT2D eigenvalue weighted by atomic mass is 35.5. The molecule has 10 heteroatoms. The lowest BCUT2D eigenvalue weighted by atomic mass is 10.1. The molecule has 0 spiro atoms. The lowest BCUT2D eigenvalue weighted by molar-refractivity contribution is -0.384. The van der Waals surface area contributed by atoms with Gasteiger partial charge in [-0.25, -0.2) is 0 Å². The van der Waals surface area contributed by atoms with E-state index in [0.717, 1.165) is 11.1 Å². The number of carbonyl (C=O) groups excluding carboxylic acids is 1. The number of rotatable bonds is 9. The maximum Gasteiger partial charge on any atom is 0.288 e. The van der Waals surface area contributed by atoms with Gasteiger partial charge < -0.3 is 23.8 Å². The molecule has 1 aliphatic rings. The number of methoxy groups -OCH3 is 2. The number of nitro groups is 1. The summed E-state index contributed by atoms with van der Waals surface area (Å²) in [6, 6.07) is 15.1. The minimum Gasteiger partial charge on any atom is -0.493 e. The van der Waals surface area contributed by atoms with Crippen LogP contribution in [0, 0.1) is 10.1 Å².